The lowest BCUT2D eigenvalue weighted by molar-refractivity contribution is -0.120. The molecule has 1 N–H and O–H groups in total. The Bertz CT molecular complexity index is 432. The summed E-state index contributed by atoms with van der Waals surface area (Å²) < 4.78 is 38.3. The van der Waals surface area contributed by atoms with Gasteiger partial charge in [-0.25, -0.2) is 0 Å². The molecule has 0 radical (unpaired) electrons. The van der Waals surface area contributed by atoms with E-state index in [0.717, 1.165) is 12.8 Å². The summed E-state index contributed by atoms with van der Waals surface area (Å²) in [4.78, 5) is 1.38. The van der Waals surface area contributed by atoms with Gasteiger partial charge in [-0.3, -0.25) is 0 Å². The van der Waals surface area contributed by atoms with Gasteiger partial charge < -0.3 is 10.0 Å². The molecule has 1 aromatic rings. The number of nitrogens with zero attached hydrogens (tertiary/aromatic N) is 1. The molecule has 1 aromatic carbocycles. The van der Waals surface area contributed by atoms with Crippen molar-refractivity contribution in [1.29, 1.82) is 0 Å². The second-order valence-electron chi connectivity index (χ2n) is 4.42. The summed E-state index contributed by atoms with van der Waals surface area (Å²) in [7, 11) is 0. The van der Waals surface area contributed by atoms with Crippen LogP contribution in [0.15, 0.2) is 22.7 Å². The van der Waals surface area contributed by atoms with E-state index in [-0.39, 0.29) is 12.6 Å². The van der Waals surface area contributed by atoms with Crippen molar-refractivity contribution in [2.45, 2.75) is 31.7 Å². The number of hydrogen-bond acceptors (Lipinski definition) is 2. The molecule has 2 nitrogen and oxygen atoms in total. The molecule has 0 bridgehead atoms. The molecule has 18 heavy (non-hydrogen) atoms. The van der Waals surface area contributed by atoms with Crippen LogP contribution in [0.4, 0.5) is 18.9 Å². The molecule has 1 saturated carbocycles. The molecule has 0 spiro atoms. The molecule has 0 saturated heterocycles. The van der Waals surface area contributed by atoms with Crippen LogP contribution in [0.1, 0.15) is 18.4 Å². The molecule has 0 aromatic heterocycles. The molecular weight excluding hydrogens is 311 g/mol. The minimum Gasteiger partial charge on any atom is -0.392 e. The molecule has 0 atom stereocenters. The van der Waals surface area contributed by atoms with Crippen LogP contribution in [-0.2, 0) is 6.61 Å². The number of benzene rings is 1. The van der Waals surface area contributed by atoms with Crippen LogP contribution in [0.5, 0.6) is 0 Å². The van der Waals surface area contributed by atoms with Crippen molar-refractivity contribution in [3.05, 3.63) is 28.2 Å². The zero-order valence-corrected chi connectivity index (χ0v) is 11.1. The zero-order chi connectivity index (χ0) is 13.3. The quantitative estimate of drug-likeness (QED) is 0.917. The van der Waals surface area contributed by atoms with Gasteiger partial charge in [0.2, 0.25) is 0 Å². The van der Waals surface area contributed by atoms with E-state index >= 15 is 0 Å². The fraction of sp³-hybridized carbons (Fsp3) is 0.500. The van der Waals surface area contributed by atoms with Crippen molar-refractivity contribution in [2.75, 3.05) is 11.4 Å². The number of halogens is 4. The van der Waals surface area contributed by atoms with Crippen molar-refractivity contribution in [3.8, 4) is 0 Å². The number of aliphatic hydroxyl groups excluding tert-OH is 1. The summed E-state index contributed by atoms with van der Waals surface area (Å²) in [6, 6.07) is 4.90. The molecule has 1 aliphatic rings. The Hall–Kier alpha value is -0.750. The van der Waals surface area contributed by atoms with Crippen molar-refractivity contribution >= 4 is 21.6 Å². The number of rotatable bonds is 4. The molecule has 0 unspecified atom stereocenters. The molecule has 100 valence electrons. The normalized spacial score (nSPS) is 15.8. The molecule has 6 heteroatoms. The number of alkyl halides is 3. The molecule has 0 heterocycles. The van der Waals surface area contributed by atoms with E-state index < -0.39 is 12.7 Å². The van der Waals surface area contributed by atoms with Gasteiger partial charge in [-0.15, -0.1) is 0 Å². The Balaban J connectivity index is 2.25. The highest BCUT2D eigenvalue weighted by atomic mass is 79.9. The fourth-order valence-corrected chi connectivity index (χ4v) is 2.53. The molecule has 0 aliphatic heterocycles. The molecule has 2 rings (SSSR count). The first-order chi connectivity index (χ1) is 8.40. The smallest absolute Gasteiger partial charge is 0.392 e. The Labute approximate surface area is 112 Å². The van der Waals surface area contributed by atoms with Gasteiger partial charge in [0.05, 0.1) is 12.3 Å². The van der Waals surface area contributed by atoms with E-state index in [4.69, 9.17) is 5.11 Å². The van der Waals surface area contributed by atoms with Gasteiger partial charge in [0.25, 0.3) is 0 Å². The number of hydrogen-bond donors (Lipinski definition) is 1. The first-order valence-electron chi connectivity index (χ1n) is 5.63. The van der Waals surface area contributed by atoms with Crippen LogP contribution in [-0.4, -0.2) is 23.9 Å². The summed E-state index contributed by atoms with van der Waals surface area (Å²) in [6.07, 6.45) is -2.62. The highest BCUT2D eigenvalue weighted by Crippen LogP contribution is 2.38. The van der Waals surface area contributed by atoms with E-state index in [2.05, 4.69) is 15.9 Å². The average Bonchev–Trinajstić information content (AvgIpc) is 3.08. The van der Waals surface area contributed by atoms with Crippen molar-refractivity contribution < 1.29 is 18.3 Å². The molecular formula is C12H13BrF3NO. The van der Waals surface area contributed by atoms with E-state index in [9.17, 15) is 13.2 Å². The highest BCUT2D eigenvalue weighted by Gasteiger charge is 2.38. The van der Waals surface area contributed by atoms with Crippen molar-refractivity contribution in [1.82, 2.24) is 0 Å². The lowest BCUT2D eigenvalue weighted by Gasteiger charge is -2.27. The maximum absolute atomic E-state index is 12.6. The van der Waals surface area contributed by atoms with Crippen molar-refractivity contribution in [3.63, 3.8) is 0 Å². The monoisotopic (exact) mass is 323 g/mol. The van der Waals surface area contributed by atoms with Crippen LogP contribution in [0.25, 0.3) is 0 Å². The lowest BCUT2D eigenvalue weighted by atomic mass is 10.2. The second-order valence-corrected chi connectivity index (χ2v) is 5.27. The van der Waals surface area contributed by atoms with E-state index in [1.54, 1.807) is 18.2 Å². The van der Waals surface area contributed by atoms with Gasteiger partial charge in [0, 0.05) is 10.5 Å². The summed E-state index contributed by atoms with van der Waals surface area (Å²) in [5, 5.41) is 8.99. The van der Waals surface area contributed by atoms with Gasteiger partial charge in [-0.05, 0) is 46.5 Å². The van der Waals surface area contributed by atoms with E-state index in [1.807, 2.05) is 0 Å². The SMILES string of the molecule is OCc1ccc(N(CC(F)(F)F)C2CC2)c(Br)c1. The predicted octanol–water partition coefficient (Wildman–Crippen LogP) is 3.47. The third-order valence-corrected chi connectivity index (χ3v) is 3.48. The topological polar surface area (TPSA) is 23.5 Å². The maximum atomic E-state index is 12.6. The van der Waals surface area contributed by atoms with Gasteiger partial charge >= 0.3 is 6.18 Å². The second kappa shape index (κ2) is 5.09. The molecule has 0 amide bonds. The van der Waals surface area contributed by atoms with Crippen LogP contribution in [0.2, 0.25) is 0 Å². The lowest BCUT2D eigenvalue weighted by Crippen LogP contribution is -2.36. The first kappa shape index (κ1) is 13.7. The Morgan fingerprint density at radius 1 is 1.33 bits per heavy atom. The standard InChI is InChI=1S/C12H13BrF3NO/c13-10-5-8(6-18)1-4-11(10)17(9-2-3-9)7-12(14,15)16/h1,4-5,9,18H,2-3,6-7H2. The third kappa shape index (κ3) is 3.38. The molecule has 1 aliphatic carbocycles. The Morgan fingerprint density at radius 3 is 2.44 bits per heavy atom. The van der Waals surface area contributed by atoms with Crippen LogP contribution in [0.3, 0.4) is 0 Å². The predicted molar refractivity (Wildman–Crippen MR) is 66.5 cm³/mol. The van der Waals surface area contributed by atoms with E-state index in [0.29, 0.717) is 15.7 Å². The van der Waals surface area contributed by atoms with Gasteiger partial charge in [-0.2, -0.15) is 13.2 Å². The highest BCUT2D eigenvalue weighted by molar-refractivity contribution is 9.10. The molecule has 1 fully saturated rings. The average molecular weight is 324 g/mol. The summed E-state index contributed by atoms with van der Waals surface area (Å²) in [6.45, 7) is -1.06. The largest absolute Gasteiger partial charge is 0.405 e. The summed E-state index contributed by atoms with van der Waals surface area (Å²) in [5.74, 6) is 0. The zero-order valence-electron chi connectivity index (χ0n) is 9.54. The van der Waals surface area contributed by atoms with Crippen LogP contribution in [0, 0.1) is 0 Å². The van der Waals surface area contributed by atoms with Gasteiger partial charge in [0.1, 0.15) is 6.54 Å². The maximum Gasteiger partial charge on any atom is 0.405 e. The fourth-order valence-electron chi connectivity index (χ4n) is 1.87. The van der Waals surface area contributed by atoms with Gasteiger partial charge in [0.15, 0.2) is 0 Å². The minimum atomic E-state index is -4.21. The number of anilines is 1. The first-order valence-corrected chi connectivity index (χ1v) is 6.42. The van der Waals surface area contributed by atoms with Crippen LogP contribution >= 0.6 is 15.9 Å². The third-order valence-electron chi connectivity index (χ3n) is 2.84. The summed E-state index contributed by atoms with van der Waals surface area (Å²) >= 11 is 3.27. The Morgan fingerprint density at radius 2 is 2.00 bits per heavy atom. The Kier molecular flexibility index (Phi) is 3.87. The van der Waals surface area contributed by atoms with Gasteiger partial charge in [-0.1, -0.05) is 6.07 Å². The van der Waals surface area contributed by atoms with Crippen LogP contribution < -0.4 is 4.90 Å². The number of aliphatic hydroxyl groups is 1. The summed E-state index contributed by atoms with van der Waals surface area (Å²) in [5.41, 5.74) is 1.21. The van der Waals surface area contributed by atoms with E-state index in [1.165, 1.54) is 4.90 Å². The minimum absolute atomic E-state index is 0.0251. The van der Waals surface area contributed by atoms with Crippen molar-refractivity contribution in [2.24, 2.45) is 0 Å².